The Bertz CT molecular complexity index is 670. The van der Waals surface area contributed by atoms with Crippen LogP contribution in [0.3, 0.4) is 0 Å². The van der Waals surface area contributed by atoms with E-state index in [1.54, 1.807) is 0 Å². The molecule has 100 valence electrons. The number of aryl methyl sites for hydroxylation is 3. The Morgan fingerprint density at radius 2 is 2.21 bits per heavy atom. The van der Waals surface area contributed by atoms with Gasteiger partial charge in [0.15, 0.2) is 0 Å². The molecule has 6 nitrogen and oxygen atoms in total. The van der Waals surface area contributed by atoms with Gasteiger partial charge in [0, 0.05) is 12.7 Å². The van der Waals surface area contributed by atoms with Crippen LogP contribution in [-0.2, 0) is 13.5 Å². The van der Waals surface area contributed by atoms with Gasteiger partial charge < -0.3 is 5.32 Å². The third kappa shape index (κ3) is 2.57. The first-order valence-corrected chi connectivity index (χ1v) is 6.06. The van der Waals surface area contributed by atoms with Crippen LogP contribution in [0.5, 0.6) is 0 Å². The normalized spacial score (nSPS) is 10.5. The van der Waals surface area contributed by atoms with Crippen molar-refractivity contribution in [3.05, 3.63) is 45.6 Å². The summed E-state index contributed by atoms with van der Waals surface area (Å²) in [6, 6.07) is 5.84. The molecule has 0 unspecified atom stereocenters. The lowest BCUT2D eigenvalue weighted by molar-refractivity contribution is 0.101. The maximum Gasteiger partial charge on any atom is 0.343 e. The summed E-state index contributed by atoms with van der Waals surface area (Å²) >= 11 is 0. The molecule has 0 saturated carbocycles. The van der Waals surface area contributed by atoms with Gasteiger partial charge in [-0.1, -0.05) is 25.1 Å². The maximum atomic E-state index is 12.0. The summed E-state index contributed by atoms with van der Waals surface area (Å²) < 4.78 is 1.09. The van der Waals surface area contributed by atoms with Gasteiger partial charge in [-0.2, -0.15) is 0 Å². The summed E-state index contributed by atoms with van der Waals surface area (Å²) in [5, 5.41) is 6.63. The number of hydrogen-bond acceptors (Lipinski definition) is 3. The lowest BCUT2D eigenvalue weighted by Gasteiger charge is -2.11. The van der Waals surface area contributed by atoms with Crippen LogP contribution in [0.2, 0.25) is 0 Å². The number of aromatic amines is 1. The van der Waals surface area contributed by atoms with E-state index in [1.807, 2.05) is 32.0 Å². The average Bonchev–Trinajstić information content (AvgIpc) is 2.72. The van der Waals surface area contributed by atoms with E-state index in [2.05, 4.69) is 15.4 Å². The molecule has 1 heterocycles. The van der Waals surface area contributed by atoms with Crippen LogP contribution in [0.4, 0.5) is 5.69 Å². The van der Waals surface area contributed by atoms with E-state index in [0.29, 0.717) is 0 Å². The van der Waals surface area contributed by atoms with E-state index in [0.717, 1.165) is 27.9 Å². The van der Waals surface area contributed by atoms with E-state index in [4.69, 9.17) is 0 Å². The lowest BCUT2D eigenvalue weighted by Crippen LogP contribution is -2.16. The van der Waals surface area contributed by atoms with Gasteiger partial charge in [-0.05, 0) is 24.5 Å². The summed E-state index contributed by atoms with van der Waals surface area (Å²) in [5.41, 5.74) is 2.39. The second-order valence-electron chi connectivity index (χ2n) is 4.32. The molecule has 0 aliphatic rings. The number of carbonyl (C=O) groups excluding carboxylic acids is 1. The number of amides is 1. The Labute approximate surface area is 110 Å². The molecule has 1 amide bonds. The summed E-state index contributed by atoms with van der Waals surface area (Å²) in [7, 11) is 1.49. The van der Waals surface area contributed by atoms with Crippen molar-refractivity contribution in [2.75, 3.05) is 5.32 Å². The zero-order valence-corrected chi connectivity index (χ0v) is 11.2. The number of hydrogen-bond donors (Lipinski definition) is 2. The van der Waals surface area contributed by atoms with Crippen LogP contribution >= 0.6 is 0 Å². The monoisotopic (exact) mass is 260 g/mol. The molecule has 2 rings (SSSR count). The van der Waals surface area contributed by atoms with E-state index < -0.39 is 11.6 Å². The number of nitrogens with one attached hydrogen (secondary N) is 2. The molecule has 0 aliphatic carbocycles. The van der Waals surface area contributed by atoms with Crippen LogP contribution in [0.25, 0.3) is 0 Å². The minimum absolute atomic E-state index is 0.0119. The van der Waals surface area contributed by atoms with Crippen molar-refractivity contribution in [3.63, 3.8) is 0 Å². The molecule has 19 heavy (non-hydrogen) atoms. The molecule has 6 heteroatoms. The van der Waals surface area contributed by atoms with Gasteiger partial charge in [-0.3, -0.25) is 9.78 Å². The van der Waals surface area contributed by atoms with Gasteiger partial charge in [0.1, 0.15) is 0 Å². The zero-order valence-electron chi connectivity index (χ0n) is 11.2. The number of para-hydroxylation sites is 1. The topological polar surface area (TPSA) is 79.8 Å². The fourth-order valence-electron chi connectivity index (χ4n) is 1.88. The summed E-state index contributed by atoms with van der Waals surface area (Å²) in [6.45, 7) is 3.95. The molecule has 0 spiro atoms. The minimum Gasteiger partial charge on any atom is -0.319 e. The Hall–Kier alpha value is -2.37. The summed E-state index contributed by atoms with van der Waals surface area (Å²) in [4.78, 5) is 25.7. The Morgan fingerprint density at radius 3 is 2.79 bits per heavy atom. The van der Waals surface area contributed by atoms with Crippen molar-refractivity contribution in [2.45, 2.75) is 20.3 Å². The standard InChI is InChI=1S/C13H16N4O2/c1-4-9-7-5-6-8(2)10(9)14-12(18)11-15-13(19)17(3)16-11/h5-7H,4H2,1-3H3,(H,14,18)(H,15,16,19). The fraction of sp³-hybridized carbons (Fsp3) is 0.308. The van der Waals surface area contributed by atoms with Gasteiger partial charge in [-0.25, -0.2) is 9.48 Å². The van der Waals surface area contributed by atoms with E-state index >= 15 is 0 Å². The van der Waals surface area contributed by atoms with Crippen molar-refractivity contribution in [3.8, 4) is 0 Å². The second-order valence-corrected chi connectivity index (χ2v) is 4.32. The first-order chi connectivity index (χ1) is 9.02. The highest BCUT2D eigenvalue weighted by atomic mass is 16.2. The van der Waals surface area contributed by atoms with Gasteiger partial charge in [0.2, 0.25) is 5.82 Å². The zero-order chi connectivity index (χ0) is 14.0. The van der Waals surface area contributed by atoms with Crippen LogP contribution in [0.1, 0.15) is 28.7 Å². The molecule has 1 aromatic carbocycles. The quantitative estimate of drug-likeness (QED) is 0.871. The number of H-pyrrole nitrogens is 1. The molecular formula is C13H16N4O2. The van der Waals surface area contributed by atoms with E-state index in [9.17, 15) is 9.59 Å². The molecule has 2 aromatic rings. The van der Waals surface area contributed by atoms with Crippen molar-refractivity contribution in [1.82, 2.24) is 14.8 Å². The van der Waals surface area contributed by atoms with Crippen molar-refractivity contribution in [1.29, 1.82) is 0 Å². The van der Waals surface area contributed by atoms with E-state index in [-0.39, 0.29) is 5.82 Å². The van der Waals surface area contributed by atoms with Crippen LogP contribution in [-0.4, -0.2) is 20.7 Å². The molecule has 0 saturated heterocycles. The Kier molecular flexibility index (Phi) is 3.50. The highest BCUT2D eigenvalue weighted by molar-refractivity contribution is 6.02. The Morgan fingerprint density at radius 1 is 1.47 bits per heavy atom. The van der Waals surface area contributed by atoms with Crippen LogP contribution in [0.15, 0.2) is 23.0 Å². The molecule has 0 bridgehead atoms. The fourth-order valence-corrected chi connectivity index (χ4v) is 1.88. The summed E-state index contributed by atoms with van der Waals surface area (Å²) in [5.74, 6) is -0.403. The molecule has 0 atom stereocenters. The number of nitrogens with zero attached hydrogens (tertiary/aromatic N) is 2. The number of anilines is 1. The smallest absolute Gasteiger partial charge is 0.319 e. The second kappa shape index (κ2) is 5.09. The van der Waals surface area contributed by atoms with Crippen LogP contribution < -0.4 is 11.0 Å². The minimum atomic E-state index is -0.415. The highest BCUT2D eigenvalue weighted by Crippen LogP contribution is 2.21. The van der Waals surface area contributed by atoms with Crippen molar-refractivity contribution in [2.24, 2.45) is 7.05 Å². The van der Waals surface area contributed by atoms with Crippen LogP contribution in [0, 0.1) is 6.92 Å². The third-order valence-electron chi connectivity index (χ3n) is 2.96. The molecule has 2 N–H and O–H groups in total. The molecule has 0 fully saturated rings. The van der Waals surface area contributed by atoms with Gasteiger partial charge in [0.25, 0.3) is 5.91 Å². The maximum absolute atomic E-state index is 12.0. The molecule has 0 radical (unpaired) electrons. The predicted molar refractivity (Wildman–Crippen MR) is 72.3 cm³/mol. The SMILES string of the molecule is CCc1cccc(C)c1NC(=O)c1nn(C)c(=O)[nH]1. The predicted octanol–water partition coefficient (Wildman–Crippen LogP) is 1.23. The third-order valence-corrected chi connectivity index (χ3v) is 2.96. The lowest BCUT2D eigenvalue weighted by atomic mass is 10.1. The average molecular weight is 260 g/mol. The van der Waals surface area contributed by atoms with Gasteiger partial charge in [-0.15, -0.1) is 5.10 Å². The first kappa shape index (κ1) is 13.1. The van der Waals surface area contributed by atoms with Gasteiger partial charge in [0.05, 0.1) is 0 Å². The number of benzene rings is 1. The Balaban J connectivity index is 2.31. The molecule has 1 aromatic heterocycles. The number of aromatic nitrogens is 3. The number of rotatable bonds is 3. The number of carbonyl (C=O) groups is 1. The summed E-state index contributed by atoms with van der Waals surface area (Å²) in [6.07, 6.45) is 0.816. The highest BCUT2D eigenvalue weighted by Gasteiger charge is 2.14. The van der Waals surface area contributed by atoms with E-state index in [1.165, 1.54) is 7.05 Å². The first-order valence-electron chi connectivity index (χ1n) is 6.06. The van der Waals surface area contributed by atoms with Crippen molar-refractivity contribution >= 4 is 11.6 Å². The molecular weight excluding hydrogens is 244 g/mol. The molecule has 0 aliphatic heterocycles. The van der Waals surface area contributed by atoms with Crippen molar-refractivity contribution < 1.29 is 4.79 Å². The largest absolute Gasteiger partial charge is 0.343 e. The van der Waals surface area contributed by atoms with Gasteiger partial charge >= 0.3 is 5.69 Å².